The fourth-order valence-electron chi connectivity index (χ4n) is 1.14. The van der Waals surface area contributed by atoms with Crippen LogP contribution in [0.4, 0.5) is 13.2 Å². The normalized spacial score (nSPS) is 15.4. The van der Waals surface area contributed by atoms with Crippen LogP contribution in [0.5, 0.6) is 0 Å². The minimum absolute atomic E-state index is 0.408. The third-order valence-electron chi connectivity index (χ3n) is 2.23. The lowest BCUT2D eigenvalue weighted by atomic mass is 10.2. The van der Waals surface area contributed by atoms with E-state index in [0.29, 0.717) is 12.7 Å². The molecule has 9 heteroatoms. The summed E-state index contributed by atoms with van der Waals surface area (Å²) in [5.74, 6) is -2.76. The molecular weight excluding hydrogens is 267 g/mol. The number of carboxylic acids is 1. The molecule has 19 heavy (non-hydrogen) atoms. The molecule has 1 aliphatic heterocycles. The van der Waals surface area contributed by atoms with Crippen molar-refractivity contribution in [1.82, 2.24) is 15.1 Å². The molecule has 0 amide bonds. The van der Waals surface area contributed by atoms with Crippen LogP contribution in [0.3, 0.4) is 0 Å². The zero-order valence-electron chi connectivity index (χ0n) is 10.1. The summed E-state index contributed by atoms with van der Waals surface area (Å²) in [5.41, 5.74) is 1.14. The molecule has 6 nitrogen and oxygen atoms in total. The molecule has 1 saturated heterocycles. The van der Waals surface area contributed by atoms with Crippen LogP contribution in [-0.2, 0) is 23.2 Å². The van der Waals surface area contributed by atoms with Crippen LogP contribution < -0.4 is 5.32 Å². The van der Waals surface area contributed by atoms with Crippen LogP contribution in [0, 0.1) is 0 Å². The molecule has 2 rings (SSSR count). The number of aromatic nitrogens is 2. The van der Waals surface area contributed by atoms with Gasteiger partial charge >= 0.3 is 12.1 Å². The van der Waals surface area contributed by atoms with Crippen molar-refractivity contribution in [2.75, 3.05) is 13.1 Å². The minimum Gasteiger partial charge on any atom is -0.475 e. The lowest BCUT2D eigenvalue weighted by Gasteiger charge is -2.26. The molecule has 0 radical (unpaired) electrons. The van der Waals surface area contributed by atoms with Crippen molar-refractivity contribution in [2.45, 2.75) is 18.9 Å². The summed E-state index contributed by atoms with van der Waals surface area (Å²) in [6.45, 7) is 2.65. The first kappa shape index (κ1) is 15.4. The highest BCUT2D eigenvalue weighted by Gasteiger charge is 2.38. The molecule has 0 aliphatic carbocycles. The highest BCUT2D eigenvalue weighted by Crippen LogP contribution is 2.13. The van der Waals surface area contributed by atoms with E-state index in [2.05, 4.69) is 10.4 Å². The number of rotatable bonds is 3. The number of aliphatic carboxylic acids is 1. The van der Waals surface area contributed by atoms with Gasteiger partial charge in [-0.2, -0.15) is 18.3 Å². The Hall–Kier alpha value is -1.61. The largest absolute Gasteiger partial charge is 0.490 e. The minimum atomic E-state index is -5.08. The summed E-state index contributed by atoms with van der Waals surface area (Å²) in [5, 5.41) is 14.3. The smallest absolute Gasteiger partial charge is 0.475 e. The van der Waals surface area contributed by atoms with Crippen LogP contribution in [0.15, 0.2) is 12.4 Å². The average Bonchev–Trinajstić information content (AvgIpc) is 2.61. The predicted octanol–water partition coefficient (Wildman–Crippen LogP) is 0.542. The van der Waals surface area contributed by atoms with E-state index < -0.39 is 12.1 Å². The number of hydrogen-bond acceptors (Lipinski definition) is 4. The molecule has 2 heterocycles. The van der Waals surface area contributed by atoms with Crippen molar-refractivity contribution >= 4 is 5.97 Å². The van der Waals surface area contributed by atoms with E-state index in [-0.39, 0.29) is 0 Å². The first-order valence-corrected chi connectivity index (χ1v) is 5.39. The third kappa shape index (κ3) is 5.71. The van der Waals surface area contributed by atoms with Crippen molar-refractivity contribution in [1.29, 1.82) is 0 Å². The Morgan fingerprint density at radius 1 is 1.63 bits per heavy atom. The van der Waals surface area contributed by atoms with Gasteiger partial charge in [0.25, 0.3) is 0 Å². The Labute approximate surface area is 107 Å². The summed E-state index contributed by atoms with van der Waals surface area (Å²) >= 11 is 0. The highest BCUT2D eigenvalue weighted by atomic mass is 19.4. The Bertz CT molecular complexity index is 416. The molecule has 1 aromatic heterocycles. The number of carbonyl (C=O) groups is 1. The molecular formula is C10H14F3N3O3. The monoisotopic (exact) mass is 281 g/mol. The average molecular weight is 281 g/mol. The van der Waals surface area contributed by atoms with Gasteiger partial charge < -0.3 is 15.2 Å². The number of alkyl halides is 3. The van der Waals surface area contributed by atoms with Gasteiger partial charge in [-0.15, -0.1) is 0 Å². The number of halogens is 3. The van der Waals surface area contributed by atoms with Gasteiger partial charge in [-0.25, -0.2) is 4.79 Å². The number of hydrogen-bond donors (Lipinski definition) is 2. The van der Waals surface area contributed by atoms with Crippen LogP contribution in [0.25, 0.3) is 0 Å². The highest BCUT2D eigenvalue weighted by molar-refractivity contribution is 5.73. The molecule has 0 bridgehead atoms. The number of carboxylic acid groups (broad SMARTS) is 1. The number of ether oxygens (including phenoxy) is 1. The number of aryl methyl sites for hydroxylation is 1. The molecule has 1 fully saturated rings. The van der Waals surface area contributed by atoms with Gasteiger partial charge in [0, 0.05) is 31.9 Å². The molecule has 0 saturated carbocycles. The first-order chi connectivity index (χ1) is 8.79. The Morgan fingerprint density at radius 3 is 2.53 bits per heavy atom. The fraction of sp³-hybridized carbons (Fsp3) is 0.600. The van der Waals surface area contributed by atoms with E-state index in [1.807, 2.05) is 19.4 Å². The van der Waals surface area contributed by atoms with Crippen molar-refractivity contribution in [2.24, 2.45) is 7.05 Å². The summed E-state index contributed by atoms with van der Waals surface area (Å²) in [6, 6.07) is 0. The standard InChI is InChI=1S/C8H13N3O.C2HF3O2/c1-11-5-7(2-10-11)6-12-8-3-9-4-8;3-2(4,5)1(6)7/h2,5,8-9H,3-4,6H2,1H3;(H,6,7). The van der Waals surface area contributed by atoms with Gasteiger partial charge in [0.1, 0.15) is 0 Å². The quantitative estimate of drug-likeness (QED) is 0.845. The molecule has 0 atom stereocenters. The second kappa shape index (κ2) is 6.53. The molecule has 108 valence electrons. The molecule has 1 aliphatic rings. The lowest BCUT2D eigenvalue weighted by Crippen LogP contribution is -2.48. The zero-order chi connectivity index (χ0) is 14.5. The van der Waals surface area contributed by atoms with Gasteiger partial charge in [0.15, 0.2) is 0 Å². The van der Waals surface area contributed by atoms with Crippen LogP contribution >= 0.6 is 0 Å². The van der Waals surface area contributed by atoms with E-state index in [0.717, 1.165) is 18.7 Å². The topological polar surface area (TPSA) is 76.4 Å². The van der Waals surface area contributed by atoms with Gasteiger partial charge in [0.2, 0.25) is 0 Å². The summed E-state index contributed by atoms with van der Waals surface area (Å²) in [6.07, 6.45) is -0.858. The fourth-order valence-corrected chi connectivity index (χ4v) is 1.14. The van der Waals surface area contributed by atoms with Gasteiger partial charge in [0.05, 0.1) is 18.9 Å². The van der Waals surface area contributed by atoms with Crippen LogP contribution in [0.2, 0.25) is 0 Å². The lowest BCUT2D eigenvalue weighted by molar-refractivity contribution is -0.192. The maximum Gasteiger partial charge on any atom is 0.490 e. The van der Waals surface area contributed by atoms with E-state index in [4.69, 9.17) is 14.6 Å². The predicted molar refractivity (Wildman–Crippen MR) is 58.3 cm³/mol. The van der Waals surface area contributed by atoms with Crippen molar-refractivity contribution in [3.05, 3.63) is 18.0 Å². The SMILES string of the molecule is Cn1cc(COC2CNC2)cn1.O=C(O)C(F)(F)F. The Kier molecular flexibility index (Phi) is 5.31. The second-order valence-electron chi connectivity index (χ2n) is 3.92. The van der Waals surface area contributed by atoms with Crippen molar-refractivity contribution in [3.63, 3.8) is 0 Å². The summed E-state index contributed by atoms with van der Waals surface area (Å²) in [4.78, 5) is 8.90. The zero-order valence-corrected chi connectivity index (χ0v) is 10.1. The van der Waals surface area contributed by atoms with E-state index in [1.54, 1.807) is 4.68 Å². The Balaban J connectivity index is 0.000000224. The number of nitrogens with zero attached hydrogens (tertiary/aromatic N) is 2. The molecule has 0 spiro atoms. The Morgan fingerprint density at radius 2 is 2.21 bits per heavy atom. The first-order valence-electron chi connectivity index (χ1n) is 5.39. The second-order valence-corrected chi connectivity index (χ2v) is 3.92. The van der Waals surface area contributed by atoms with Crippen molar-refractivity contribution in [3.8, 4) is 0 Å². The molecule has 1 aromatic rings. The molecule has 0 unspecified atom stereocenters. The third-order valence-corrected chi connectivity index (χ3v) is 2.23. The van der Waals surface area contributed by atoms with Gasteiger partial charge in [-0.3, -0.25) is 4.68 Å². The molecule has 0 aromatic carbocycles. The maximum absolute atomic E-state index is 10.6. The summed E-state index contributed by atoms with van der Waals surface area (Å²) < 4.78 is 39.1. The van der Waals surface area contributed by atoms with E-state index >= 15 is 0 Å². The molecule has 2 N–H and O–H groups in total. The van der Waals surface area contributed by atoms with Gasteiger partial charge in [-0.1, -0.05) is 0 Å². The van der Waals surface area contributed by atoms with E-state index in [1.165, 1.54) is 0 Å². The van der Waals surface area contributed by atoms with Gasteiger partial charge in [-0.05, 0) is 0 Å². The maximum atomic E-state index is 10.6. The van der Waals surface area contributed by atoms with E-state index in [9.17, 15) is 13.2 Å². The van der Waals surface area contributed by atoms with Crippen molar-refractivity contribution < 1.29 is 27.8 Å². The number of nitrogens with one attached hydrogen (secondary N) is 1. The summed E-state index contributed by atoms with van der Waals surface area (Å²) in [7, 11) is 1.91. The van der Waals surface area contributed by atoms with Crippen LogP contribution in [0.1, 0.15) is 5.56 Å². The van der Waals surface area contributed by atoms with Crippen LogP contribution in [-0.4, -0.2) is 46.2 Å².